The maximum absolute atomic E-state index is 11.9. The van der Waals surface area contributed by atoms with Gasteiger partial charge < -0.3 is 16.0 Å². The number of nitrogens with zero attached hydrogens (tertiary/aromatic N) is 1. The molecule has 0 aliphatic rings. The van der Waals surface area contributed by atoms with Crippen LogP contribution in [0.25, 0.3) is 0 Å². The Balaban J connectivity index is 3.06. The van der Waals surface area contributed by atoms with Crippen molar-refractivity contribution in [2.75, 3.05) is 27.2 Å². The second-order valence-electron chi connectivity index (χ2n) is 4.62. The molecule has 100 valence electrons. The molecule has 1 aromatic rings. The zero-order chi connectivity index (χ0) is 13.6. The third kappa shape index (κ3) is 3.09. The molecule has 1 atom stereocenters. The molecule has 4 nitrogen and oxygen atoms in total. The highest BCUT2D eigenvalue weighted by Gasteiger charge is 2.37. The van der Waals surface area contributed by atoms with Crippen LogP contribution in [-0.2, 0) is 10.3 Å². The van der Waals surface area contributed by atoms with Crippen LogP contribution in [0.1, 0.15) is 18.9 Å². The molecule has 0 aromatic heterocycles. The summed E-state index contributed by atoms with van der Waals surface area (Å²) < 4.78 is 0. The van der Waals surface area contributed by atoms with Crippen LogP contribution in [0.3, 0.4) is 0 Å². The fraction of sp³-hybridized carbons (Fsp3) is 0.500. The molecule has 1 aromatic carbocycles. The predicted octanol–water partition coefficient (Wildman–Crippen LogP) is 0.928. The van der Waals surface area contributed by atoms with Crippen molar-refractivity contribution in [1.29, 1.82) is 0 Å². The Labute approximate surface area is 109 Å². The Morgan fingerprint density at radius 1 is 1.39 bits per heavy atom. The summed E-state index contributed by atoms with van der Waals surface area (Å²) in [5.41, 5.74) is 5.71. The molecule has 3 N–H and O–H groups in total. The molecule has 0 radical (unpaired) electrons. The average Bonchev–Trinajstić information content (AvgIpc) is 2.37. The van der Waals surface area contributed by atoms with E-state index >= 15 is 0 Å². The first-order valence-electron chi connectivity index (χ1n) is 6.29. The number of nitrogens with two attached hydrogens (primary N) is 1. The van der Waals surface area contributed by atoms with E-state index in [0.717, 1.165) is 18.5 Å². The Bertz CT molecular complexity index is 380. The van der Waals surface area contributed by atoms with Crippen molar-refractivity contribution >= 4 is 5.91 Å². The molecule has 0 heterocycles. The predicted molar refractivity (Wildman–Crippen MR) is 74.2 cm³/mol. The van der Waals surface area contributed by atoms with Crippen LogP contribution in [0.5, 0.6) is 0 Å². The van der Waals surface area contributed by atoms with Crippen molar-refractivity contribution in [3.05, 3.63) is 35.9 Å². The number of nitrogens with one attached hydrogen (secondary N) is 1. The van der Waals surface area contributed by atoms with Crippen LogP contribution < -0.4 is 11.1 Å². The van der Waals surface area contributed by atoms with E-state index in [-0.39, 0.29) is 5.91 Å². The summed E-state index contributed by atoms with van der Waals surface area (Å²) >= 11 is 0. The maximum atomic E-state index is 11.9. The highest BCUT2D eigenvalue weighted by molar-refractivity contribution is 5.86. The van der Waals surface area contributed by atoms with E-state index in [0.29, 0.717) is 6.54 Å². The summed E-state index contributed by atoms with van der Waals surface area (Å²) in [7, 11) is 3.78. The summed E-state index contributed by atoms with van der Waals surface area (Å²) in [5, 5.41) is 3.10. The molecule has 0 saturated carbocycles. The van der Waals surface area contributed by atoms with Crippen molar-refractivity contribution in [1.82, 2.24) is 10.2 Å². The Morgan fingerprint density at radius 3 is 2.44 bits per heavy atom. The van der Waals surface area contributed by atoms with Gasteiger partial charge in [0.15, 0.2) is 0 Å². The van der Waals surface area contributed by atoms with E-state index in [1.54, 1.807) is 7.05 Å². The molecule has 1 rings (SSSR count). The number of likely N-dealkylation sites (N-methyl/N-ethyl adjacent to an activating group) is 2. The monoisotopic (exact) mass is 249 g/mol. The SMILES string of the molecule is CCCN(C)CC(NC)(C(N)=O)c1ccccc1. The van der Waals surface area contributed by atoms with E-state index < -0.39 is 5.54 Å². The fourth-order valence-corrected chi connectivity index (χ4v) is 2.25. The minimum absolute atomic E-state index is 0.348. The lowest BCUT2D eigenvalue weighted by molar-refractivity contribution is -0.125. The van der Waals surface area contributed by atoms with E-state index in [1.165, 1.54) is 0 Å². The van der Waals surface area contributed by atoms with E-state index in [2.05, 4.69) is 17.1 Å². The highest BCUT2D eigenvalue weighted by atomic mass is 16.1. The summed E-state index contributed by atoms with van der Waals surface area (Å²) in [5.74, 6) is -0.348. The lowest BCUT2D eigenvalue weighted by Crippen LogP contribution is -2.57. The summed E-state index contributed by atoms with van der Waals surface area (Å²) in [4.78, 5) is 14.0. The minimum atomic E-state index is -0.828. The van der Waals surface area contributed by atoms with Crippen LogP contribution in [0.2, 0.25) is 0 Å². The van der Waals surface area contributed by atoms with E-state index in [1.807, 2.05) is 37.4 Å². The number of amides is 1. The smallest absolute Gasteiger partial charge is 0.243 e. The van der Waals surface area contributed by atoms with Gasteiger partial charge in [-0.05, 0) is 32.6 Å². The fourth-order valence-electron chi connectivity index (χ4n) is 2.25. The van der Waals surface area contributed by atoms with Crippen LogP contribution >= 0.6 is 0 Å². The third-order valence-corrected chi connectivity index (χ3v) is 3.23. The standard InChI is InChI=1S/C14H23N3O/c1-4-10-17(3)11-14(16-2,13(15)18)12-8-6-5-7-9-12/h5-9,16H,4,10-11H2,1-3H3,(H2,15,18). The number of carbonyl (C=O) groups excluding carboxylic acids is 1. The van der Waals surface area contributed by atoms with Gasteiger partial charge in [-0.15, -0.1) is 0 Å². The molecule has 0 aliphatic carbocycles. The van der Waals surface area contributed by atoms with Gasteiger partial charge in [0.25, 0.3) is 0 Å². The van der Waals surface area contributed by atoms with Gasteiger partial charge in [0.1, 0.15) is 5.54 Å². The molecule has 0 saturated heterocycles. The zero-order valence-corrected chi connectivity index (χ0v) is 11.4. The van der Waals surface area contributed by atoms with Gasteiger partial charge in [0.2, 0.25) is 5.91 Å². The molecule has 0 bridgehead atoms. The second-order valence-corrected chi connectivity index (χ2v) is 4.62. The summed E-state index contributed by atoms with van der Waals surface area (Å²) in [6.45, 7) is 3.62. The van der Waals surface area contributed by atoms with Gasteiger partial charge in [-0.1, -0.05) is 37.3 Å². The maximum Gasteiger partial charge on any atom is 0.243 e. The van der Waals surface area contributed by atoms with Crippen molar-refractivity contribution < 1.29 is 4.79 Å². The topological polar surface area (TPSA) is 58.4 Å². The first-order chi connectivity index (χ1) is 8.56. The molecule has 1 amide bonds. The third-order valence-electron chi connectivity index (χ3n) is 3.23. The van der Waals surface area contributed by atoms with Crippen LogP contribution in [0, 0.1) is 0 Å². The Hall–Kier alpha value is -1.39. The van der Waals surface area contributed by atoms with Crippen LogP contribution in [0.4, 0.5) is 0 Å². The van der Waals surface area contributed by atoms with Gasteiger partial charge in [-0.3, -0.25) is 4.79 Å². The highest BCUT2D eigenvalue weighted by Crippen LogP contribution is 2.21. The Kier molecular flexibility index (Phi) is 5.31. The molecule has 1 unspecified atom stereocenters. The van der Waals surface area contributed by atoms with Crippen molar-refractivity contribution in [3.63, 3.8) is 0 Å². The van der Waals surface area contributed by atoms with Crippen LogP contribution in [-0.4, -0.2) is 38.0 Å². The molecule has 0 aliphatic heterocycles. The van der Waals surface area contributed by atoms with Crippen LogP contribution in [0.15, 0.2) is 30.3 Å². The first-order valence-corrected chi connectivity index (χ1v) is 6.29. The van der Waals surface area contributed by atoms with E-state index in [9.17, 15) is 4.79 Å². The largest absolute Gasteiger partial charge is 0.368 e. The van der Waals surface area contributed by atoms with Crippen molar-refractivity contribution in [3.8, 4) is 0 Å². The molecule has 0 fully saturated rings. The second kappa shape index (κ2) is 6.52. The van der Waals surface area contributed by atoms with Gasteiger partial charge in [0.05, 0.1) is 0 Å². The van der Waals surface area contributed by atoms with E-state index in [4.69, 9.17) is 5.73 Å². The molecule has 0 spiro atoms. The van der Waals surface area contributed by atoms with Gasteiger partial charge in [-0.2, -0.15) is 0 Å². The first kappa shape index (κ1) is 14.7. The van der Waals surface area contributed by atoms with Gasteiger partial charge >= 0.3 is 0 Å². The number of rotatable bonds is 7. The Morgan fingerprint density at radius 2 is 2.00 bits per heavy atom. The molecule has 4 heteroatoms. The average molecular weight is 249 g/mol. The number of carbonyl (C=O) groups is 1. The number of hydrogen-bond donors (Lipinski definition) is 2. The molecule has 18 heavy (non-hydrogen) atoms. The zero-order valence-electron chi connectivity index (χ0n) is 11.4. The molecular formula is C14H23N3O. The van der Waals surface area contributed by atoms with Gasteiger partial charge in [0, 0.05) is 6.54 Å². The number of primary amides is 1. The summed E-state index contributed by atoms with van der Waals surface area (Å²) in [6, 6.07) is 9.64. The summed E-state index contributed by atoms with van der Waals surface area (Å²) in [6.07, 6.45) is 1.05. The van der Waals surface area contributed by atoms with Crippen molar-refractivity contribution in [2.45, 2.75) is 18.9 Å². The number of hydrogen-bond acceptors (Lipinski definition) is 3. The quantitative estimate of drug-likeness (QED) is 0.756. The lowest BCUT2D eigenvalue weighted by atomic mass is 9.88. The molecular weight excluding hydrogens is 226 g/mol. The van der Waals surface area contributed by atoms with Gasteiger partial charge in [-0.25, -0.2) is 0 Å². The minimum Gasteiger partial charge on any atom is -0.368 e. The lowest BCUT2D eigenvalue weighted by Gasteiger charge is -2.34. The van der Waals surface area contributed by atoms with Crippen molar-refractivity contribution in [2.24, 2.45) is 5.73 Å². The normalized spacial score (nSPS) is 14.4. The number of benzene rings is 1.